The van der Waals surface area contributed by atoms with Gasteiger partial charge in [0.1, 0.15) is 24.0 Å². The predicted octanol–water partition coefficient (Wildman–Crippen LogP) is 4.56. The van der Waals surface area contributed by atoms with Gasteiger partial charge in [-0.3, -0.25) is 4.79 Å². The van der Waals surface area contributed by atoms with E-state index < -0.39 is 5.91 Å². The second kappa shape index (κ2) is 8.70. The van der Waals surface area contributed by atoms with Gasteiger partial charge in [-0.15, -0.1) is 0 Å². The van der Waals surface area contributed by atoms with Gasteiger partial charge in [0, 0.05) is 10.2 Å². The molecule has 2 rings (SSSR count). The number of rotatable bonds is 6. The third-order valence-electron chi connectivity index (χ3n) is 3.03. The first kappa shape index (κ1) is 17.5. The van der Waals surface area contributed by atoms with E-state index in [1.54, 1.807) is 42.5 Å². The number of nitrogens with zero attached hydrogens (tertiary/aromatic N) is 1. The van der Waals surface area contributed by atoms with Crippen molar-refractivity contribution < 1.29 is 9.53 Å². The molecule has 2 aromatic carbocycles. The Morgan fingerprint density at radius 2 is 1.88 bits per heavy atom. The SMILES string of the molecule is C=CCOc1ccc(/C=C(/C#N)C(=O)Nc2ccc(Br)cc2)cc1. The molecule has 0 heterocycles. The van der Waals surface area contributed by atoms with Crippen molar-refractivity contribution in [1.82, 2.24) is 0 Å². The van der Waals surface area contributed by atoms with Crippen molar-refractivity contribution in [2.24, 2.45) is 0 Å². The molecule has 0 spiro atoms. The topological polar surface area (TPSA) is 62.1 Å². The standard InChI is InChI=1S/C19H15BrN2O2/c1-2-11-24-18-9-3-14(4-10-18)12-15(13-21)19(23)22-17-7-5-16(20)6-8-17/h2-10,12H,1,11H2,(H,22,23)/b15-12-. The molecule has 0 saturated carbocycles. The normalized spacial score (nSPS) is 10.6. The summed E-state index contributed by atoms with van der Waals surface area (Å²) in [6.45, 7) is 4.01. The van der Waals surface area contributed by atoms with Crippen LogP contribution < -0.4 is 10.1 Å². The molecule has 1 amide bonds. The number of nitriles is 1. The molecule has 0 aromatic heterocycles. The van der Waals surface area contributed by atoms with Crippen LogP contribution in [-0.2, 0) is 4.79 Å². The minimum absolute atomic E-state index is 0.0256. The fraction of sp³-hybridized carbons (Fsp3) is 0.0526. The van der Waals surface area contributed by atoms with Crippen LogP contribution in [0.5, 0.6) is 5.75 Å². The summed E-state index contributed by atoms with van der Waals surface area (Å²) in [5.41, 5.74) is 1.39. The van der Waals surface area contributed by atoms with Crippen molar-refractivity contribution in [3.8, 4) is 11.8 Å². The number of benzene rings is 2. The summed E-state index contributed by atoms with van der Waals surface area (Å²) in [6.07, 6.45) is 3.19. The molecule has 0 unspecified atom stereocenters. The van der Waals surface area contributed by atoms with E-state index in [0.29, 0.717) is 18.0 Å². The number of hydrogen-bond donors (Lipinski definition) is 1. The lowest BCUT2D eigenvalue weighted by atomic mass is 10.1. The van der Waals surface area contributed by atoms with E-state index in [2.05, 4.69) is 27.8 Å². The van der Waals surface area contributed by atoms with E-state index in [0.717, 1.165) is 10.0 Å². The van der Waals surface area contributed by atoms with Crippen LogP contribution in [-0.4, -0.2) is 12.5 Å². The second-order valence-corrected chi connectivity index (χ2v) is 5.72. The van der Waals surface area contributed by atoms with Gasteiger partial charge in [0.25, 0.3) is 5.91 Å². The molecule has 1 N–H and O–H groups in total. The van der Waals surface area contributed by atoms with E-state index in [4.69, 9.17) is 4.74 Å². The van der Waals surface area contributed by atoms with Gasteiger partial charge in [-0.2, -0.15) is 5.26 Å². The summed E-state index contributed by atoms with van der Waals surface area (Å²) in [7, 11) is 0. The lowest BCUT2D eigenvalue weighted by Gasteiger charge is -2.05. The highest BCUT2D eigenvalue weighted by molar-refractivity contribution is 9.10. The van der Waals surface area contributed by atoms with Gasteiger partial charge >= 0.3 is 0 Å². The largest absolute Gasteiger partial charge is 0.490 e. The maximum absolute atomic E-state index is 12.2. The van der Waals surface area contributed by atoms with Crippen molar-refractivity contribution in [1.29, 1.82) is 5.26 Å². The lowest BCUT2D eigenvalue weighted by Crippen LogP contribution is -2.13. The number of amides is 1. The van der Waals surface area contributed by atoms with Gasteiger partial charge in [-0.25, -0.2) is 0 Å². The van der Waals surface area contributed by atoms with E-state index in [1.807, 2.05) is 18.2 Å². The molecular formula is C19H15BrN2O2. The number of halogens is 1. The molecule has 2 aromatic rings. The Kier molecular flexibility index (Phi) is 6.35. The number of carbonyl (C=O) groups is 1. The summed E-state index contributed by atoms with van der Waals surface area (Å²) >= 11 is 3.33. The number of hydrogen-bond acceptors (Lipinski definition) is 3. The molecule has 0 aliphatic carbocycles. The van der Waals surface area contributed by atoms with Crippen LogP contribution in [0.1, 0.15) is 5.56 Å². The van der Waals surface area contributed by atoms with Crippen molar-refractivity contribution in [2.75, 3.05) is 11.9 Å². The molecular weight excluding hydrogens is 368 g/mol. The molecule has 0 fully saturated rings. The highest BCUT2D eigenvalue weighted by Crippen LogP contribution is 2.17. The smallest absolute Gasteiger partial charge is 0.266 e. The summed E-state index contributed by atoms with van der Waals surface area (Å²) in [4.78, 5) is 12.2. The highest BCUT2D eigenvalue weighted by Gasteiger charge is 2.09. The second-order valence-electron chi connectivity index (χ2n) is 4.80. The van der Waals surface area contributed by atoms with Gasteiger partial charge < -0.3 is 10.1 Å². The van der Waals surface area contributed by atoms with Crippen molar-refractivity contribution >= 4 is 33.6 Å². The third kappa shape index (κ3) is 5.11. The van der Waals surface area contributed by atoms with Crippen LogP contribution in [0.25, 0.3) is 6.08 Å². The van der Waals surface area contributed by atoms with Gasteiger partial charge in [0.05, 0.1) is 0 Å². The van der Waals surface area contributed by atoms with Crippen LogP contribution in [0.3, 0.4) is 0 Å². The van der Waals surface area contributed by atoms with E-state index >= 15 is 0 Å². The molecule has 0 radical (unpaired) electrons. The Morgan fingerprint density at radius 3 is 2.46 bits per heavy atom. The zero-order chi connectivity index (χ0) is 17.4. The summed E-state index contributed by atoms with van der Waals surface area (Å²) in [6, 6.07) is 16.2. The Hall–Kier alpha value is -2.84. The first-order chi connectivity index (χ1) is 11.6. The van der Waals surface area contributed by atoms with Crippen LogP contribution in [0.15, 0.2) is 71.2 Å². The zero-order valence-electron chi connectivity index (χ0n) is 12.8. The first-order valence-electron chi connectivity index (χ1n) is 7.15. The first-order valence-corrected chi connectivity index (χ1v) is 7.94. The number of nitrogens with one attached hydrogen (secondary N) is 1. The third-order valence-corrected chi connectivity index (χ3v) is 3.55. The van der Waals surface area contributed by atoms with Crippen LogP contribution in [0.4, 0.5) is 5.69 Å². The molecule has 4 nitrogen and oxygen atoms in total. The lowest BCUT2D eigenvalue weighted by molar-refractivity contribution is -0.112. The quantitative estimate of drug-likeness (QED) is 0.452. The van der Waals surface area contributed by atoms with Crippen molar-refractivity contribution in [3.05, 3.63) is 76.8 Å². The summed E-state index contributed by atoms with van der Waals surface area (Å²) in [5.74, 6) is 0.247. The molecule has 24 heavy (non-hydrogen) atoms. The monoisotopic (exact) mass is 382 g/mol. The molecule has 0 aliphatic heterocycles. The Balaban J connectivity index is 2.10. The minimum atomic E-state index is -0.452. The molecule has 0 aliphatic rings. The Bertz CT molecular complexity index is 788. The number of anilines is 1. The highest BCUT2D eigenvalue weighted by atomic mass is 79.9. The van der Waals surface area contributed by atoms with Crippen molar-refractivity contribution in [3.63, 3.8) is 0 Å². The Labute approximate surface area is 149 Å². The van der Waals surface area contributed by atoms with E-state index in [9.17, 15) is 10.1 Å². The molecule has 0 atom stereocenters. The van der Waals surface area contributed by atoms with Gasteiger partial charge in [-0.1, -0.05) is 40.7 Å². The van der Waals surface area contributed by atoms with Gasteiger partial charge in [0.2, 0.25) is 0 Å². The average Bonchev–Trinajstić information content (AvgIpc) is 2.60. The Morgan fingerprint density at radius 1 is 1.21 bits per heavy atom. The van der Waals surface area contributed by atoms with Crippen molar-refractivity contribution in [2.45, 2.75) is 0 Å². The minimum Gasteiger partial charge on any atom is -0.490 e. The fourth-order valence-electron chi connectivity index (χ4n) is 1.86. The van der Waals surface area contributed by atoms with Crippen LogP contribution in [0.2, 0.25) is 0 Å². The molecule has 0 bridgehead atoms. The van der Waals surface area contributed by atoms with Gasteiger partial charge in [-0.05, 0) is 48.0 Å². The average molecular weight is 383 g/mol. The number of ether oxygens (including phenoxy) is 1. The summed E-state index contributed by atoms with van der Waals surface area (Å²) < 4.78 is 6.30. The van der Waals surface area contributed by atoms with Crippen LogP contribution >= 0.6 is 15.9 Å². The summed E-state index contributed by atoms with van der Waals surface area (Å²) in [5, 5.41) is 11.9. The zero-order valence-corrected chi connectivity index (χ0v) is 14.4. The molecule has 5 heteroatoms. The maximum atomic E-state index is 12.2. The predicted molar refractivity (Wildman–Crippen MR) is 98.5 cm³/mol. The fourth-order valence-corrected chi connectivity index (χ4v) is 2.13. The molecule has 120 valence electrons. The van der Waals surface area contributed by atoms with E-state index in [-0.39, 0.29) is 5.57 Å². The van der Waals surface area contributed by atoms with Crippen LogP contribution in [0, 0.1) is 11.3 Å². The van der Waals surface area contributed by atoms with Gasteiger partial charge in [0.15, 0.2) is 0 Å². The number of carbonyl (C=O) groups excluding carboxylic acids is 1. The maximum Gasteiger partial charge on any atom is 0.266 e. The molecule has 0 saturated heterocycles. The van der Waals surface area contributed by atoms with E-state index in [1.165, 1.54) is 6.08 Å².